The molecule has 0 amide bonds. The Morgan fingerprint density at radius 1 is 1.25 bits per heavy atom. The molecule has 0 aliphatic carbocycles. The predicted molar refractivity (Wildman–Crippen MR) is 75.3 cm³/mol. The van der Waals surface area contributed by atoms with Crippen molar-refractivity contribution in [3.63, 3.8) is 0 Å². The molecule has 2 rings (SSSR count). The normalized spacial score (nSPS) is 15.3. The minimum Gasteiger partial charge on any atom is -0.493 e. The topological polar surface area (TPSA) is 130 Å². The van der Waals surface area contributed by atoms with E-state index >= 15 is 0 Å². The Hall–Kier alpha value is -2.48. The average molecular weight is 279 g/mol. The fraction of sp³-hybridized carbons (Fsp3) is 0.333. The minimum absolute atomic E-state index is 0.0342. The number of rotatable bonds is 4. The van der Waals surface area contributed by atoms with Gasteiger partial charge in [-0.3, -0.25) is 0 Å². The molecule has 0 aromatic heterocycles. The third-order valence-corrected chi connectivity index (χ3v) is 2.54. The Morgan fingerprint density at radius 2 is 2.00 bits per heavy atom. The highest BCUT2D eigenvalue weighted by Gasteiger charge is 2.21. The molecule has 1 aliphatic rings. The molecule has 1 aromatic rings. The molecular formula is C12H17N5O3. The lowest BCUT2D eigenvalue weighted by Gasteiger charge is -2.27. The molecule has 1 fully saturated rings. The van der Waals surface area contributed by atoms with Gasteiger partial charge in [0.25, 0.3) is 0 Å². The summed E-state index contributed by atoms with van der Waals surface area (Å²) in [7, 11) is 1.55. The number of methoxy groups -OCH3 is 1. The van der Waals surface area contributed by atoms with Crippen LogP contribution in [0.15, 0.2) is 28.2 Å². The minimum atomic E-state index is -0.150. The number of nitrogens with two attached hydrogens (primary N) is 3. The smallest absolute Gasteiger partial charge is 0.223 e. The lowest BCUT2D eigenvalue weighted by molar-refractivity contribution is -0.0803. The predicted octanol–water partition coefficient (Wildman–Crippen LogP) is -0.308. The Morgan fingerprint density at radius 3 is 2.55 bits per heavy atom. The number of hydrogen-bond acceptors (Lipinski definition) is 4. The third-order valence-electron chi connectivity index (χ3n) is 2.54. The highest BCUT2D eigenvalue weighted by atomic mass is 16.6. The van der Waals surface area contributed by atoms with Gasteiger partial charge in [-0.15, -0.1) is 0 Å². The number of hydrogen-bond donors (Lipinski definition) is 3. The first kappa shape index (κ1) is 13.9. The first-order valence-electron chi connectivity index (χ1n) is 5.94. The van der Waals surface area contributed by atoms with Crippen molar-refractivity contribution in [3.8, 4) is 11.5 Å². The maximum Gasteiger partial charge on any atom is 0.223 e. The number of nitrogens with zero attached hydrogens (tertiary/aromatic N) is 2. The van der Waals surface area contributed by atoms with Crippen molar-refractivity contribution in [1.82, 2.24) is 0 Å². The Labute approximate surface area is 116 Å². The van der Waals surface area contributed by atoms with E-state index in [1.54, 1.807) is 25.3 Å². The van der Waals surface area contributed by atoms with E-state index in [0.29, 0.717) is 30.4 Å². The number of ether oxygens (including phenoxy) is 3. The molecule has 0 atom stereocenters. The summed E-state index contributed by atoms with van der Waals surface area (Å²) >= 11 is 0. The van der Waals surface area contributed by atoms with Gasteiger partial charge in [0.05, 0.1) is 26.0 Å². The summed E-state index contributed by atoms with van der Waals surface area (Å²) in [6.45, 7) is 1.17. The fourth-order valence-electron chi connectivity index (χ4n) is 1.57. The van der Waals surface area contributed by atoms with Gasteiger partial charge >= 0.3 is 0 Å². The van der Waals surface area contributed by atoms with Crippen LogP contribution >= 0.6 is 0 Å². The molecule has 0 unspecified atom stereocenters. The van der Waals surface area contributed by atoms with Crippen LogP contribution in [0.25, 0.3) is 0 Å². The zero-order valence-electron chi connectivity index (χ0n) is 11.1. The quantitative estimate of drug-likeness (QED) is 0.512. The van der Waals surface area contributed by atoms with Crippen LogP contribution in [0.4, 0.5) is 5.69 Å². The molecule has 8 heteroatoms. The number of benzene rings is 1. The van der Waals surface area contributed by atoms with Crippen LogP contribution in [0.5, 0.6) is 11.5 Å². The molecule has 1 heterocycles. The Kier molecular flexibility index (Phi) is 4.26. The SMILES string of the molecule is COc1cc(N=C(N)N=C(N)N)ccc1OC1COC1. The van der Waals surface area contributed by atoms with E-state index in [9.17, 15) is 0 Å². The van der Waals surface area contributed by atoms with E-state index < -0.39 is 0 Å². The molecule has 8 nitrogen and oxygen atoms in total. The lowest BCUT2D eigenvalue weighted by atomic mass is 10.2. The summed E-state index contributed by atoms with van der Waals surface area (Å²) in [6, 6.07) is 5.16. The van der Waals surface area contributed by atoms with Gasteiger partial charge in [0.1, 0.15) is 6.10 Å². The second-order valence-electron chi connectivity index (χ2n) is 4.12. The van der Waals surface area contributed by atoms with Crippen LogP contribution in [-0.4, -0.2) is 38.3 Å². The van der Waals surface area contributed by atoms with Gasteiger partial charge < -0.3 is 31.4 Å². The van der Waals surface area contributed by atoms with Gasteiger partial charge in [-0.1, -0.05) is 0 Å². The van der Waals surface area contributed by atoms with E-state index in [2.05, 4.69) is 9.98 Å². The summed E-state index contributed by atoms with van der Waals surface area (Å²) in [5, 5.41) is 0. The molecule has 6 N–H and O–H groups in total. The van der Waals surface area contributed by atoms with Crippen molar-refractivity contribution >= 4 is 17.6 Å². The van der Waals surface area contributed by atoms with Crippen molar-refractivity contribution in [3.05, 3.63) is 18.2 Å². The summed E-state index contributed by atoms with van der Waals surface area (Å²) < 4.78 is 16.0. The summed E-state index contributed by atoms with van der Waals surface area (Å²) in [4.78, 5) is 7.68. The van der Waals surface area contributed by atoms with Gasteiger partial charge in [-0.05, 0) is 12.1 Å². The molecule has 0 radical (unpaired) electrons. The van der Waals surface area contributed by atoms with E-state index in [4.69, 9.17) is 31.4 Å². The molecule has 0 saturated carbocycles. The summed E-state index contributed by atoms with van der Waals surface area (Å²) in [6.07, 6.45) is 0.0601. The Bertz CT molecular complexity index is 536. The molecule has 0 spiro atoms. The maximum atomic E-state index is 5.70. The summed E-state index contributed by atoms with van der Waals surface area (Å²) in [5.41, 5.74) is 16.5. The molecule has 1 aliphatic heterocycles. The largest absolute Gasteiger partial charge is 0.493 e. The fourth-order valence-corrected chi connectivity index (χ4v) is 1.57. The molecule has 108 valence electrons. The van der Waals surface area contributed by atoms with Crippen molar-refractivity contribution in [1.29, 1.82) is 0 Å². The van der Waals surface area contributed by atoms with E-state index in [0.717, 1.165) is 0 Å². The first-order chi connectivity index (χ1) is 9.58. The van der Waals surface area contributed by atoms with Crippen LogP contribution in [0, 0.1) is 0 Å². The lowest BCUT2D eigenvalue weighted by Crippen LogP contribution is -2.38. The molecule has 1 saturated heterocycles. The monoisotopic (exact) mass is 279 g/mol. The van der Waals surface area contributed by atoms with Crippen LogP contribution < -0.4 is 26.7 Å². The number of guanidine groups is 2. The highest BCUT2D eigenvalue weighted by molar-refractivity contribution is 5.93. The van der Waals surface area contributed by atoms with Crippen molar-refractivity contribution in [2.45, 2.75) is 6.10 Å². The molecular weight excluding hydrogens is 262 g/mol. The number of aliphatic imine (C=N–C) groups is 2. The summed E-state index contributed by atoms with van der Waals surface area (Å²) in [5.74, 6) is 0.993. The second kappa shape index (κ2) is 6.11. The van der Waals surface area contributed by atoms with Crippen molar-refractivity contribution in [2.24, 2.45) is 27.2 Å². The Balaban J connectivity index is 2.17. The first-order valence-corrected chi connectivity index (χ1v) is 5.94. The van der Waals surface area contributed by atoms with Gasteiger partial charge in [-0.2, -0.15) is 4.99 Å². The van der Waals surface area contributed by atoms with Crippen LogP contribution in [0.1, 0.15) is 0 Å². The molecule has 20 heavy (non-hydrogen) atoms. The van der Waals surface area contributed by atoms with Crippen LogP contribution in [0.2, 0.25) is 0 Å². The van der Waals surface area contributed by atoms with Crippen LogP contribution in [-0.2, 0) is 4.74 Å². The van der Waals surface area contributed by atoms with Gasteiger partial charge in [0.15, 0.2) is 17.5 Å². The van der Waals surface area contributed by atoms with Gasteiger partial charge in [0, 0.05) is 6.07 Å². The van der Waals surface area contributed by atoms with Gasteiger partial charge in [-0.25, -0.2) is 4.99 Å². The third kappa shape index (κ3) is 3.51. The maximum absolute atomic E-state index is 5.70. The standard InChI is InChI=1S/C12H17N5O3/c1-18-10-4-7(16-12(15)17-11(13)14)2-3-9(10)20-8-5-19-6-8/h2-4,8H,5-6H2,1H3,(H6,13,14,15,16,17). The molecule has 0 bridgehead atoms. The van der Waals surface area contributed by atoms with E-state index in [1.165, 1.54) is 0 Å². The molecule has 1 aromatic carbocycles. The average Bonchev–Trinajstić information content (AvgIpc) is 2.33. The van der Waals surface area contributed by atoms with Crippen molar-refractivity contribution < 1.29 is 14.2 Å². The highest BCUT2D eigenvalue weighted by Crippen LogP contribution is 2.32. The second-order valence-corrected chi connectivity index (χ2v) is 4.12. The van der Waals surface area contributed by atoms with Crippen LogP contribution in [0.3, 0.4) is 0 Å². The zero-order valence-corrected chi connectivity index (χ0v) is 11.1. The van der Waals surface area contributed by atoms with E-state index in [-0.39, 0.29) is 18.0 Å². The van der Waals surface area contributed by atoms with Crippen molar-refractivity contribution in [2.75, 3.05) is 20.3 Å². The van der Waals surface area contributed by atoms with Gasteiger partial charge in [0.2, 0.25) is 5.96 Å². The zero-order chi connectivity index (χ0) is 14.5. The van der Waals surface area contributed by atoms with E-state index in [1.807, 2.05) is 0 Å².